The van der Waals surface area contributed by atoms with Crippen molar-refractivity contribution in [3.63, 3.8) is 0 Å². The maximum absolute atomic E-state index is 12.4. The summed E-state index contributed by atoms with van der Waals surface area (Å²) in [6.45, 7) is 2.29. The zero-order chi connectivity index (χ0) is 18.0. The van der Waals surface area contributed by atoms with Crippen LogP contribution in [0, 0.1) is 17.0 Å². The molecule has 0 aliphatic carbocycles. The fourth-order valence-corrected chi connectivity index (χ4v) is 2.82. The van der Waals surface area contributed by atoms with Gasteiger partial charge in [0.1, 0.15) is 0 Å². The highest BCUT2D eigenvalue weighted by atomic mass is 16.6. The second-order valence-electron chi connectivity index (χ2n) is 5.91. The number of hydrogen-bond donors (Lipinski definition) is 1. The molecule has 0 radical (unpaired) electrons. The summed E-state index contributed by atoms with van der Waals surface area (Å²) in [7, 11) is 0. The summed E-state index contributed by atoms with van der Waals surface area (Å²) in [5, 5.41) is 13.7. The molecule has 7 nitrogen and oxygen atoms in total. The molecule has 0 unspecified atom stereocenters. The third kappa shape index (κ3) is 3.50. The number of anilines is 2. The van der Waals surface area contributed by atoms with Gasteiger partial charge < -0.3 is 10.2 Å². The molecule has 25 heavy (non-hydrogen) atoms. The van der Waals surface area contributed by atoms with Crippen molar-refractivity contribution in [2.75, 3.05) is 16.8 Å². The summed E-state index contributed by atoms with van der Waals surface area (Å²) in [6.07, 6.45) is 1.35. The minimum absolute atomic E-state index is 0.0673. The highest BCUT2D eigenvalue weighted by Gasteiger charge is 2.22. The van der Waals surface area contributed by atoms with Gasteiger partial charge in [-0.3, -0.25) is 19.7 Å². The molecule has 128 valence electrons. The molecule has 0 spiro atoms. The molecule has 2 amide bonds. The zero-order valence-corrected chi connectivity index (χ0v) is 13.7. The van der Waals surface area contributed by atoms with E-state index in [0.29, 0.717) is 24.2 Å². The number of nitrogens with one attached hydrogen (secondary N) is 1. The molecule has 7 heteroatoms. The van der Waals surface area contributed by atoms with Crippen molar-refractivity contribution in [1.82, 2.24) is 0 Å². The molecule has 2 aromatic rings. The molecule has 2 aromatic carbocycles. The van der Waals surface area contributed by atoms with Crippen LogP contribution in [-0.4, -0.2) is 23.3 Å². The van der Waals surface area contributed by atoms with Crippen molar-refractivity contribution in [2.24, 2.45) is 0 Å². The Morgan fingerprint density at radius 2 is 2.04 bits per heavy atom. The molecule has 1 aliphatic heterocycles. The van der Waals surface area contributed by atoms with Crippen molar-refractivity contribution in [1.29, 1.82) is 0 Å². The first-order valence-electron chi connectivity index (χ1n) is 7.92. The van der Waals surface area contributed by atoms with Gasteiger partial charge in [-0.2, -0.15) is 0 Å². The maximum atomic E-state index is 12.4. The zero-order valence-electron chi connectivity index (χ0n) is 13.7. The summed E-state index contributed by atoms with van der Waals surface area (Å²) in [5.74, 6) is -0.370. The second kappa shape index (κ2) is 6.72. The number of hydrogen-bond acceptors (Lipinski definition) is 4. The first-order chi connectivity index (χ1) is 12.0. The number of rotatable bonds is 4. The summed E-state index contributed by atoms with van der Waals surface area (Å²) in [5.41, 5.74) is 1.88. The molecular formula is C18H17N3O4. The average Bonchev–Trinajstić information content (AvgIpc) is 3.01. The van der Waals surface area contributed by atoms with E-state index in [-0.39, 0.29) is 17.2 Å². The van der Waals surface area contributed by atoms with Crippen LogP contribution in [-0.2, 0) is 4.79 Å². The number of aryl methyl sites for hydroxylation is 1. The van der Waals surface area contributed by atoms with E-state index in [1.807, 2.05) is 6.07 Å². The highest BCUT2D eigenvalue weighted by molar-refractivity contribution is 6.05. The highest BCUT2D eigenvalue weighted by Crippen LogP contribution is 2.25. The van der Waals surface area contributed by atoms with E-state index < -0.39 is 10.8 Å². The van der Waals surface area contributed by atoms with Gasteiger partial charge in [0.2, 0.25) is 5.91 Å². The molecule has 3 rings (SSSR count). The van der Waals surface area contributed by atoms with Gasteiger partial charge in [-0.25, -0.2) is 0 Å². The van der Waals surface area contributed by atoms with Crippen LogP contribution in [0.3, 0.4) is 0 Å². The lowest BCUT2D eigenvalue weighted by atomic mass is 10.1. The summed E-state index contributed by atoms with van der Waals surface area (Å²) in [4.78, 5) is 36.4. The van der Waals surface area contributed by atoms with Crippen LogP contribution in [0.2, 0.25) is 0 Å². The smallest absolute Gasteiger partial charge is 0.273 e. The Morgan fingerprint density at radius 1 is 1.24 bits per heavy atom. The lowest BCUT2D eigenvalue weighted by molar-refractivity contribution is -0.385. The third-order valence-electron chi connectivity index (χ3n) is 4.16. The van der Waals surface area contributed by atoms with Crippen molar-refractivity contribution in [3.8, 4) is 0 Å². The molecule has 1 aliphatic rings. The van der Waals surface area contributed by atoms with Gasteiger partial charge in [0.25, 0.3) is 11.6 Å². The van der Waals surface area contributed by atoms with Crippen LogP contribution in [0.4, 0.5) is 17.1 Å². The average molecular weight is 339 g/mol. The molecular weight excluding hydrogens is 322 g/mol. The van der Waals surface area contributed by atoms with Gasteiger partial charge in [-0.15, -0.1) is 0 Å². The van der Waals surface area contributed by atoms with Crippen LogP contribution in [0.25, 0.3) is 0 Å². The fourth-order valence-electron chi connectivity index (χ4n) is 2.82. The monoisotopic (exact) mass is 339 g/mol. The van der Waals surface area contributed by atoms with E-state index >= 15 is 0 Å². The predicted molar refractivity (Wildman–Crippen MR) is 93.8 cm³/mol. The van der Waals surface area contributed by atoms with E-state index in [0.717, 1.165) is 12.1 Å². The number of nitro groups is 1. The van der Waals surface area contributed by atoms with Crippen LogP contribution in [0.1, 0.15) is 28.8 Å². The van der Waals surface area contributed by atoms with Crippen LogP contribution >= 0.6 is 0 Å². The molecule has 1 fully saturated rings. The summed E-state index contributed by atoms with van der Waals surface area (Å²) < 4.78 is 0. The second-order valence-corrected chi connectivity index (χ2v) is 5.91. The van der Waals surface area contributed by atoms with Crippen molar-refractivity contribution < 1.29 is 14.5 Å². The Hall–Kier alpha value is -3.22. The maximum Gasteiger partial charge on any atom is 0.273 e. The Balaban J connectivity index is 1.81. The Bertz CT molecular complexity index is 863. The summed E-state index contributed by atoms with van der Waals surface area (Å²) >= 11 is 0. The first kappa shape index (κ1) is 16.6. The SMILES string of the molecule is Cc1ccc(C(=O)Nc2cccc(N3CCCC3=O)c2)cc1[N+](=O)[O-]. The standard InChI is InChI=1S/C18H17N3O4/c1-12-7-8-13(10-16(12)21(24)25)18(23)19-14-4-2-5-15(11-14)20-9-3-6-17(20)22/h2,4-5,7-8,10-11H,3,6,9H2,1H3,(H,19,23). The molecule has 1 heterocycles. The van der Waals surface area contributed by atoms with E-state index in [1.54, 1.807) is 42.2 Å². The van der Waals surface area contributed by atoms with Gasteiger partial charge in [-0.05, 0) is 37.6 Å². The number of amides is 2. The van der Waals surface area contributed by atoms with Gasteiger partial charge in [0.15, 0.2) is 0 Å². The van der Waals surface area contributed by atoms with E-state index in [2.05, 4.69) is 5.32 Å². The van der Waals surface area contributed by atoms with Crippen LogP contribution < -0.4 is 10.2 Å². The number of carbonyl (C=O) groups excluding carboxylic acids is 2. The Labute approximate surface area is 144 Å². The van der Waals surface area contributed by atoms with Crippen LogP contribution in [0.15, 0.2) is 42.5 Å². The number of nitro benzene ring substituents is 1. The molecule has 1 N–H and O–H groups in total. The molecule has 1 saturated heterocycles. The molecule has 0 bridgehead atoms. The number of nitrogens with zero attached hydrogens (tertiary/aromatic N) is 2. The first-order valence-corrected chi connectivity index (χ1v) is 7.92. The van der Waals surface area contributed by atoms with Crippen molar-refractivity contribution >= 4 is 28.9 Å². The molecule has 0 atom stereocenters. The van der Waals surface area contributed by atoms with Gasteiger partial charge in [-0.1, -0.05) is 12.1 Å². The fraction of sp³-hybridized carbons (Fsp3) is 0.222. The van der Waals surface area contributed by atoms with Crippen molar-refractivity contribution in [2.45, 2.75) is 19.8 Å². The minimum atomic E-state index is -0.508. The molecule has 0 saturated carbocycles. The normalized spacial score (nSPS) is 13.8. The quantitative estimate of drug-likeness (QED) is 0.683. The van der Waals surface area contributed by atoms with Crippen molar-refractivity contribution in [3.05, 3.63) is 63.7 Å². The Morgan fingerprint density at radius 3 is 2.72 bits per heavy atom. The predicted octanol–water partition coefficient (Wildman–Crippen LogP) is 3.28. The number of carbonyl (C=O) groups is 2. The van der Waals surface area contributed by atoms with Gasteiger partial charge in [0.05, 0.1) is 4.92 Å². The largest absolute Gasteiger partial charge is 0.322 e. The van der Waals surface area contributed by atoms with E-state index in [1.165, 1.54) is 6.07 Å². The minimum Gasteiger partial charge on any atom is -0.322 e. The van der Waals surface area contributed by atoms with E-state index in [9.17, 15) is 19.7 Å². The van der Waals surface area contributed by atoms with Gasteiger partial charge >= 0.3 is 0 Å². The topological polar surface area (TPSA) is 92.6 Å². The summed E-state index contributed by atoms with van der Waals surface area (Å²) in [6, 6.07) is 11.4. The van der Waals surface area contributed by atoms with Crippen LogP contribution in [0.5, 0.6) is 0 Å². The van der Waals surface area contributed by atoms with E-state index in [4.69, 9.17) is 0 Å². The Kier molecular flexibility index (Phi) is 4.47. The van der Waals surface area contributed by atoms with Gasteiger partial charge in [0, 0.05) is 41.5 Å². The number of benzene rings is 2. The third-order valence-corrected chi connectivity index (χ3v) is 4.16. The lowest BCUT2D eigenvalue weighted by Gasteiger charge is -2.16. The molecule has 0 aromatic heterocycles. The lowest BCUT2D eigenvalue weighted by Crippen LogP contribution is -2.23.